The van der Waals surface area contributed by atoms with Gasteiger partial charge in [0.2, 0.25) is 0 Å². The van der Waals surface area contributed by atoms with Crippen molar-refractivity contribution in [2.75, 3.05) is 0 Å². The second kappa shape index (κ2) is 6.16. The first kappa shape index (κ1) is 14.0. The van der Waals surface area contributed by atoms with Gasteiger partial charge >= 0.3 is 0 Å². The van der Waals surface area contributed by atoms with E-state index in [1.165, 1.54) is 30.9 Å². The Morgan fingerprint density at radius 1 is 1.39 bits per heavy atom. The summed E-state index contributed by atoms with van der Waals surface area (Å²) in [5, 5.41) is 0. The SMILES string of the molecule is CCC1CCC(N)C(Cc2ccc(F)cc2Br)C1. The molecule has 3 atom stereocenters. The monoisotopic (exact) mass is 313 g/mol. The molecule has 1 fully saturated rings. The Morgan fingerprint density at radius 3 is 2.83 bits per heavy atom. The number of hydrogen-bond donors (Lipinski definition) is 1. The van der Waals surface area contributed by atoms with Gasteiger partial charge in [-0.15, -0.1) is 0 Å². The molecule has 3 heteroatoms. The quantitative estimate of drug-likeness (QED) is 0.885. The lowest BCUT2D eigenvalue weighted by atomic mass is 9.75. The predicted octanol–water partition coefficient (Wildman–Crippen LogP) is 4.28. The van der Waals surface area contributed by atoms with E-state index in [1.807, 2.05) is 6.07 Å². The fraction of sp³-hybridized carbons (Fsp3) is 0.600. The average molecular weight is 314 g/mol. The molecule has 2 N–H and O–H groups in total. The van der Waals surface area contributed by atoms with Crippen molar-refractivity contribution in [1.82, 2.24) is 0 Å². The van der Waals surface area contributed by atoms with E-state index in [2.05, 4.69) is 22.9 Å². The fourth-order valence-corrected chi connectivity index (χ4v) is 3.47. The van der Waals surface area contributed by atoms with Crippen LogP contribution in [0.2, 0.25) is 0 Å². The lowest BCUT2D eigenvalue weighted by molar-refractivity contribution is 0.227. The zero-order valence-electron chi connectivity index (χ0n) is 10.8. The van der Waals surface area contributed by atoms with Crippen molar-refractivity contribution < 1.29 is 4.39 Å². The summed E-state index contributed by atoms with van der Waals surface area (Å²) in [6, 6.07) is 5.25. The van der Waals surface area contributed by atoms with Crippen molar-refractivity contribution in [1.29, 1.82) is 0 Å². The van der Waals surface area contributed by atoms with Crippen molar-refractivity contribution in [2.45, 2.75) is 45.1 Å². The van der Waals surface area contributed by atoms with Crippen molar-refractivity contribution in [3.63, 3.8) is 0 Å². The zero-order valence-corrected chi connectivity index (χ0v) is 12.4. The molecule has 0 amide bonds. The van der Waals surface area contributed by atoms with Crippen LogP contribution in [-0.4, -0.2) is 6.04 Å². The molecule has 0 bridgehead atoms. The van der Waals surface area contributed by atoms with Gasteiger partial charge in [0.05, 0.1) is 0 Å². The minimum absolute atomic E-state index is 0.190. The molecule has 0 heterocycles. The number of benzene rings is 1. The maximum Gasteiger partial charge on any atom is 0.124 e. The highest BCUT2D eigenvalue weighted by atomic mass is 79.9. The maximum absolute atomic E-state index is 13.1. The number of rotatable bonds is 3. The lowest BCUT2D eigenvalue weighted by Gasteiger charge is -2.34. The third-order valence-electron chi connectivity index (χ3n) is 4.22. The van der Waals surface area contributed by atoms with E-state index in [0.29, 0.717) is 12.0 Å². The molecule has 0 aromatic heterocycles. The van der Waals surface area contributed by atoms with Crippen LogP contribution in [0.25, 0.3) is 0 Å². The molecule has 3 unspecified atom stereocenters. The van der Waals surface area contributed by atoms with Gasteiger partial charge in [-0.05, 0) is 55.2 Å². The van der Waals surface area contributed by atoms with Crippen LogP contribution < -0.4 is 5.73 Å². The van der Waals surface area contributed by atoms with Gasteiger partial charge in [-0.1, -0.05) is 35.3 Å². The van der Waals surface area contributed by atoms with Crippen LogP contribution in [0.3, 0.4) is 0 Å². The molecule has 0 saturated heterocycles. The minimum atomic E-state index is -0.190. The van der Waals surface area contributed by atoms with E-state index >= 15 is 0 Å². The van der Waals surface area contributed by atoms with Crippen LogP contribution in [0, 0.1) is 17.7 Å². The van der Waals surface area contributed by atoms with E-state index < -0.39 is 0 Å². The molecule has 1 saturated carbocycles. The van der Waals surface area contributed by atoms with E-state index in [0.717, 1.165) is 23.2 Å². The number of nitrogens with two attached hydrogens (primary N) is 1. The van der Waals surface area contributed by atoms with Crippen LogP contribution in [0.5, 0.6) is 0 Å². The Morgan fingerprint density at radius 2 is 2.17 bits per heavy atom. The number of halogens is 2. The molecule has 1 nitrogen and oxygen atoms in total. The van der Waals surface area contributed by atoms with Gasteiger partial charge in [-0.3, -0.25) is 0 Å². The molecule has 0 spiro atoms. The summed E-state index contributed by atoms with van der Waals surface area (Å²) in [6.07, 6.45) is 5.80. The normalized spacial score (nSPS) is 28.3. The summed E-state index contributed by atoms with van der Waals surface area (Å²) in [5.41, 5.74) is 7.41. The maximum atomic E-state index is 13.1. The molecular formula is C15H21BrFN. The van der Waals surface area contributed by atoms with Crippen LogP contribution in [0.4, 0.5) is 4.39 Å². The second-order valence-electron chi connectivity index (χ2n) is 5.45. The summed E-state index contributed by atoms with van der Waals surface area (Å²) in [7, 11) is 0. The first-order chi connectivity index (χ1) is 8.60. The molecule has 2 rings (SSSR count). The van der Waals surface area contributed by atoms with Gasteiger partial charge in [0, 0.05) is 10.5 Å². The Labute approximate surface area is 117 Å². The van der Waals surface area contributed by atoms with Crippen LogP contribution in [0.1, 0.15) is 38.2 Å². The summed E-state index contributed by atoms with van der Waals surface area (Å²) >= 11 is 3.45. The van der Waals surface area contributed by atoms with Crippen molar-refractivity contribution in [3.05, 3.63) is 34.1 Å². The molecular weight excluding hydrogens is 293 g/mol. The van der Waals surface area contributed by atoms with E-state index in [4.69, 9.17) is 5.73 Å². The Bertz CT molecular complexity index is 407. The first-order valence-corrected chi connectivity index (χ1v) is 7.59. The highest BCUT2D eigenvalue weighted by Crippen LogP contribution is 2.33. The summed E-state index contributed by atoms with van der Waals surface area (Å²) < 4.78 is 13.9. The topological polar surface area (TPSA) is 26.0 Å². The molecule has 1 aliphatic carbocycles. The van der Waals surface area contributed by atoms with Gasteiger partial charge < -0.3 is 5.73 Å². The van der Waals surface area contributed by atoms with E-state index in [9.17, 15) is 4.39 Å². The standard InChI is InChI=1S/C15H21BrFN/c1-2-10-3-6-15(18)12(7-10)8-11-4-5-13(17)9-14(11)16/h4-5,9-10,12,15H,2-3,6-8,18H2,1H3. The number of hydrogen-bond acceptors (Lipinski definition) is 1. The van der Waals surface area contributed by atoms with Gasteiger partial charge in [-0.2, -0.15) is 0 Å². The van der Waals surface area contributed by atoms with Gasteiger partial charge in [0.1, 0.15) is 5.82 Å². The highest BCUT2D eigenvalue weighted by molar-refractivity contribution is 9.10. The van der Waals surface area contributed by atoms with Crippen LogP contribution in [0.15, 0.2) is 22.7 Å². The van der Waals surface area contributed by atoms with Gasteiger partial charge in [-0.25, -0.2) is 4.39 Å². The van der Waals surface area contributed by atoms with Crippen molar-refractivity contribution in [2.24, 2.45) is 17.6 Å². The third kappa shape index (κ3) is 3.33. The van der Waals surface area contributed by atoms with Crippen LogP contribution >= 0.6 is 15.9 Å². The van der Waals surface area contributed by atoms with Crippen molar-refractivity contribution in [3.8, 4) is 0 Å². The Balaban J connectivity index is 2.07. The molecule has 18 heavy (non-hydrogen) atoms. The smallest absolute Gasteiger partial charge is 0.124 e. The van der Waals surface area contributed by atoms with Gasteiger partial charge in [0.25, 0.3) is 0 Å². The Kier molecular flexibility index (Phi) is 4.79. The summed E-state index contributed by atoms with van der Waals surface area (Å²) in [5.74, 6) is 1.16. The Hall–Kier alpha value is -0.410. The summed E-state index contributed by atoms with van der Waals surface area (Å²) in [6.45, 7) is 2.26. The zero-order chi connectivity index (χ0) is 13.1. The molecule has 1 aliphatic rings. The molecule has 0 radical (unpaired) electrons. The fourth-order valence-electron chi connectivity index (χ4n) is 2.96. The molecule has 0 aliphatic heterocycles. The molecule has 100 valence electrons. The third-order valence-corrected chi connectivity index (χ3v) is 4.96. The second-order valence-corrected chi connectivity index (χ2v) is 6.31. The molecule has 1 aromatic carbocycles. The van der Waals surface area contributed by atoms with Crippen LogP contribution in [-0.2, 0) is 6.42 Å². The van der Waals surface area contributed by atoms with E-state index in [1.54, 1.807) is 6.07 Å². The van der Waals surface area contributed by atoms with Crippen molar-refractivity contribution >= 4 is 15.9 Å². The summed E-state index contributed by atoms with van der Waals surface area (Å²) in [4.78, 5) is 0. The average Bonchev–Trinajstić information content (AvgIpc) is 2.35. The minimum Gasteiger partial charge on any atom is -0.327 e. The molecule has 1 aromatic rings. The predicted molar refractivity (Wildman–Crippen MR) is 76.9 cm³/mol. The first-order valence-electron chi connectivity index (χ1n) is 6.79. The van der Waals surface area contributed by atoms with E-state index in [-0.39, 0.29) is 5.82 Å². The highest BCUT2D eigenvalue weighted by Gasteiger charge is 2.27. The largest absolute Gasteiger partial charge is 0.327 e. The lowest BCUT2D eigenvalue weighted by Crippen LogP contribution is -2.37. The van der Waals surface area contributed by atoms with Gasteiger partial charge in [0.15, 0.2) is 0 Å².